The summed E-state index contributed by atoms with van der Waals surface area (Å²) in [4.78, 5) is 4.37. The van der Waals surface area contributed by atoms with Crippen molar-refractivity contribution in [1.82, 2.24) is 32.4 Å². The Bertz CT molecular complexity index is 4160. The Hall–Kier alpha value is -8.11. The SMILES string of the molecule is c1ccc(Cn2c3ccc(-n4cc[n+](C[B-]5([n+]6ccn(-c7ccc8c(c7)c7cc(-n9ccnc9)ccc7n8Cc7ccccc7)c6)C6CCCC5CCC6)c4)cc3c3cc(-n4cc[n+]([B-]5C6CCCC5CCC6)c4)ccc32)cc1. The first kappa shape index (κ1) is 46.9. The Balaban J connectivity index is 0.747. The largest absolute Gasteiger partial charge is 0.461 e. The predicted octanol–water partition coefficient (Wildman–Crippen LogP) is 13.5. The van der Waals surface area contributed by atoms with Crippen molar-refractivity contribution in [2.45, 2.75) is 120 Å². The first-order chi connectivity index (χ1) is 39.1. The molecule has 0 aliphatic carbocycles. The number of nitrogens with zero attached hydrogens (tertiary/aromatic N) is 10. The summed E-state index contributed by atoms with van der Waals surface area (Å²) in [5, 5.41) is 5.12. The third-order valence-corrected chi connectivity index (χ3v) is 20.3. The highest BCUT2D eigenvalue weighted by molar-refractivity contribution is 6.73. The van der Waals surface area contributed by atoms with Crippen molar-refractivity contribution in [2.75, 3.05) is 0 Å². The van der Waals surface area contributed by atoms with E-state index in [9.17, 15) is 0 Å². The van der Waals surface area contributed by atoms with Gasteiger partial charge < -0.3 is 22.7 Å². The molecule has 0 N–H and O–H groups in total. The van der Waals surface area contributed by atoms with Crippen molar-refractivity contribution in [3.63, 3.8) is 0 Å². The van der Waals surface area contributed by atoms with Crippen LogP contribution in [0.2, 0.25) is 23.3 Å². The average Bonchev–Trinajstić information content (AvgIpc) is 4.57. The minimum Gasteiger partial charge on any atom is -0.461 e. The molecule has 1 radical (unpaired) electrons. The molecule has 10 nitrogen and oxygen atoms in total. The van der Waals surface area contributed by atoms with Gasteiger partial charge in [-0.15, -0.1) is 23.3 Å². The highest BCUT2D eigenvalue weighted by Crippen LogP contribution is 2.52. The van der Waals surface area contributed by atoms with Gasteiger partial charge in [-0.2, -0.15) is 0 Å². The molecule has 0 atom stereocenters. The number of hydrogen-bond acceptors (Lipinski definition) is 1. The zero-order valence-electron chi connectivity index (χ0n) is 45.2. The summed E-state index contributed by atoms with van der Waals surface area (Å²) in [7, 11) is 0. The van der Waals surface area contributed by atoms with E-state index < -0.39 is 6.28 Å². The van der Waals surface area contributed by atoms with Crippen LogP contribution < -0.4 is 13.5 Å². The lowest BCUT2D eigenvalue weighted by molar-refractivity contribution is -0.696. The molecule has 6 aromatic heterocycles. The topological polar surface area (TPSA) is 54.1 Å². The summed E-state index contributed by atoms with van der Waals surface area (Å²) in [6.07, 6.45) is 43.3. The molecule has 4 aliphatic rings. The Morgan fingerprint density at radius 2 is 0.911 bits per heavy atom. The summed E-state index contributed by atoms with van der Waals surface area (Å²) in [5.41, 5.74) is 12.4. The van der Waals surface area contributed by atoms with Gasteiger partial charge in [0.05, 0.1) is 25.6 Å². The lowest BCUT2D eigenvalue weighted by Gasteiger charge is -2.54. The van der Waals surface area contributed by atoms with Gasteiger partial charge in [0.25, 0.3) is 0 Å². The molecule has 0 unspecified atom stereocenters. The van der Waals surface area contributed by atoms with Crippen LogP contribution in [0.15, 0.2) is 208 Å². The van der Waals surface area contributed by atoms with Gasteiger partial charge in [-0.25, -0.2) is 18.7 Å². The first-order valence-corrected chi connectivity index (χ1v) is 29.7. The fraction of sp³-hybridized carbons (Fsp3) is 0.284. The van der Waals surface area contributed by atoms with Gasteiger partial charge in [0.15, 0.2) is 6.33 Å². The van der Waals surface area contributed by atoms with Crippen molar-refractivity contribution in [3.05, 3.63) is 219 Å². The van der Waals surface area contributed by atoms with Crippen molar-refractivity contribution >= 4 is 56.7 Å². The summed E-state index contributed by atoms with van der Waals surface area (Å²) in [5.74, 6) is 2.97. The normalized spacial score (nSPS) is 21.5. The monoisotopic (exact) mass is 1030 g/mol. The van der Waals surface area contributed by atoms with Crippen LogP contribution in [0.25, 0.3) is 66.4 Å². The minimum atomic E-state index is -0.993. The molecule has 0 saturated carbocycles. The first-order valence-electron chi connectivity index (χ1n) is 29.7. The summed E-state index contributed by atoms with van der Waals surface area (Å²) in [6, 6.07) is 50.0. The second-order valence-corrected chi connectivity index (χ2v) is 24.4. The van der Waals surface area contributed by atoms with E-state index in [-0.39, 0.29) is 0 Å². The van der Waals surface area contributed by atoms with Crippen molar-refractivity contribution in [1.29, 1.82) is 0 Å². The van der Waals surface area contributed by atoms with Crippen LogP contribution in [0.4, 0.5) is 0 Å². The predicted molar refractivity (Wildman–Crippen MR) is 318 cm³/mol. The maximum atomic E-state index is 4.37. The third-order valence-electron chi connectivity index (χ3n) is 20.3. The third kappa shape index (κ3) is 7.98. The zero-order chi connectivity index (χ0) is 52.0. The van der Waals surface area contributed by atoms with E-state index in [2.05, 4.69) is 236 Å². The molecule has 16 rings (SSSR count). The van der Waals surface area contributed by atoms with Gasteiger partial charge >= 0.3 is 0 Å². The molecule has 12 aromatic rings. The Morgan fingerprint density at radius 1 is 0.456 bits per heavy atom. The van der Waals surface area contributed by atoms with E-state index in [0.717, 1.165) is 36.9 Å². The smallest absolute Gasteiger partial charge is 0.245 e. The second kappa shape index (κ2) is 19.1. The van der Waals surface area contributed by atoms with E-state index in [0.29, 0.717) is 18.5 Å². The van der Waals surface area contributed by atoms with Crippen LogP contribution in [-0.2, 0) is 19.5 Å². The molecule has 4 saturated heterocycles. The molecule has 12 heteroatoms. The minimum absolute atomic E-state index is 0.636. The van der Waals surface area contributed by atoms with E-state index in [1.165, 1.54) is 149 Å². The molecule has 79 heavy (non-hydrogen) atoms. The molecule has 4 bridgehead atoms. The van der Waals surface area contributed by atoms with Crippen LogP contribution in [0.3, 0.4) is 0 Å². The fourth-order valence-electron chi connectivity index (χ4n) is 16.7. The number of hydrogen-bond donors (Lipinski definition) is 0. The van der Waals surface area contributed by atoms with E-state index in [1.54, 1.807) is 0 Å². The van der Waals surface area contributed by atoms with Gasteiger partial charge in [-0.1, -0.05) is 138 Å². The Kier molecular flexibility index (Phi) is 11.3. The summed E-state index contributed by atoms with van der Waals surface area (Å²) >= 11 is 0. The van der Waals surface area contributed by atoms with Crippen molar-refractivity contribution in [2.24, 2.45) is 0 Å². The van der Waals surface area contributed by atoms with Gasteiger partial charge in [-0.3, -0.25) is 4.57 Å². The molecular formula is C67H68B2N10+. The van der Waals surface area contributed by atoms with Gasteiger partial charge in [0.1, 0.15) is 41.8 Å². The number of rotatable bonds is 12. The van der Waals surface area contributed by atoms with Crippen molar-refractivity contribution in [3.8, 4) is 22.7 Å². The van der Waals surface area contributed by atoms with Crippen LogP contribution in [0.5, 0.6) is 0 Å². The van der Waals surface area contributed by atoms with Gasteiger partial charge in [0.2, 0.25) is 18.9 Å². The average molecular weight is 1030 g/mol. The van der Waals surface area contributed by atoms with Crippen LogP contribution in [0.1, 0.15) is 88.2 Å². The summed E-state index contributed by atoms with van der Waals surface area (Å²) in [6.45, 7) is 2.27. The molecule has 10 heterocycles. The molecule has 0 spiro atoms. The van der Waals surface area contributed by atoms with E-state index >= 15 is 0 Å². The second-order valence-electron chi connectivity index (χ2n) is 24.4. The van der Waals surface area contributed by atoms with E-state index in [4.69, 9.17) is 0 Å². The summed E-state index contributed by atoms with van der Waals surface area (Å²) < 4.78 is 22.1. The quantitative estimate of drug-likeness (QED) is 0.0888. The number of fused-ring (bicyclic) bond motifs is 10. The fourth-order valence-corrected chi connectivity index (χ4v) is 16.7. The maximum absolute atomic E-state index is 4.37. The van der Waals surface area contributed by atoms with E-state index in [1.807, 2.05) is 18.7 Å². The molecule has 0 amide bonds. The lowest BCUT2D eigenvalue weighted by atomic mass is 9.16. The maximum Gasteiger partial charge on any atom is 0.245 e. The van der Waals surface area contributed by atoms with Crippen LogP contribution in [-0.4, -0.2) is 45.5 Å². The van der Waals surface area contributed by atoms with Crippen LogP contribution in [0, 0.1) is 0 Å². The lowest BCUT2D eigenvalue weighted by Crippen LogP contribution is -2.76. The molecule has 4 fully saturated rings. The molecule has 4 aliphatic heterocycles. The highest BCUT2D eigenvalue weighted by Gasteiger charge is 2.52. The standard InChI is InChI=1S/C67H68B2N10/c1-3-11-50(12-4-1)43-78-64-27-23-56(72-32-31-70-46-72)39-60(64)63-42-59(26-30-67(63)78)75-36-38-77(49-75)69(54-19-9-20-55(69)22-10-21-54)45-71-33-34-73(47-71)57-24-28-65-61(40-57)62-41-58(25-29-66(62)79(65)44-51-13-5-2-6-14-51)74-35-37-76(48-74)68-52-15-7-16-53(68)18-8-17-52/h1-6,11-14,23-42,46-49,52-55H,7-10,15-22,43-45H2/q+1. The van der Waals surface area contributed by atoms with Crippen molar-refractivity contribution < 1.29 is 13.5 Å². The number of benzene rings is 6. The highest BCUT2D eigenvalue weighted by atomic mass is 15.2. The number of aromatic nitrogens is 10. The van der Waals surface area contributed by atoms with Crippen LogP contribution >= 0.6 is 0 Å². The zero-order valence-corrected chi connectivity index (χ0v) is 45.2. The van der Waals surface area contributed by atoms with Gasteiger partial charge in [0, 0.05) is 81.2 Å². The van der Waals surface area contributed by atoms with Gasteiger partial charge in [-0.05, 0) is 83.9 Å². The molecular weight excluding hydrogens is 966 g/mol. The Labute approximate surface area is 462 Å². The molecule has 6 aromatic carbocycles. The number of imidazole rings is 4. The molecule has 391 valence electrons. The Morgan fingerprint density at radius 3 is 1.42 bits per heavy atom.